The van der Waals surface area contributed by atoms with Gasteiger partial charge in [-0.15, -0.1) is 0 Å². The van der Waals surface area contributed by atoms with E-state index < -0.39 is 0 Å². The Labute approximate surface area is 107 Å². The molecule has 0 fully saturated rings. The quantitative estimate of drug-likeness (QED) is 0.814. The number of nitrogens with zero attached hydrogens (tertiary/aromatic N) is 2. The molecule has 0 aliphatic rings. The normalized spacial score (nSPS) is 10.1. The van der Waals surface area contributed by atoms with Crippen molar-refractivity contribution in [2.24, 2.45) is 0 Å². The van der Waals surface area contributed by atoms with Crippen molar-refractivity contribution in [2.75, 3.05) is 0 Å². The summed E-state index contributed by atoms with van der Waals surface area (Å²) < 4.78 is 6.43. The molecule has 3 nitrogen and oxygen atoms in total. The van der Waals surface area contributed by atoms with Gasteiger partial charge in [0.15, 0.2) is 0 Å². The lowest BCUT2D eigenvalue weighted by molar-refractivity contribution is 0.304. The number of rotatable bonds is 3. The first-order valence-corrected chi connectivity index (χ1v) is 5.75. The van der Waals surface area contributed by atoms with Crippen LogP contribution < -0.4 is 4.74 Å². The molecule has 0 aromatic carbocycles. The predicted molar refractivity (Wildman–Crippen MR) is 65.5 cm³/mol. The van der Waals surface area contributed by atoms with Crippen molar-refractivity contribution in [1.82, 2.24) is 9.97 Å². The van der Waals surface area contributed by atoms with Gasteiger partial charge in [0.25, 0.3) is 0 Å². The summed E-state index contributed by atoms with van der Waals surface area (Å²) in [5, 5.41) is 0.480. The van der Waals surface area contributed by atoms with Gasteiger partial charge in [-0.1, -0.05) is 17.7 Å². The fourth-order valence-electron chi connectivity index (χ4n) is 1.13. The van der Waals surface area contributed by atoms with Crippen LogP contribution in [0.25, 0.3) is 0 Å². The van der Waals surface area contributed by atoms with E-state index in [9.17, 15) is 0 Å². The van der Waals surface area contributed by atoms with E-state index in [1.807, 2.05) is 12.1 Å². The van der Waals surface area contributed by atoms with Crippen molar-refractivity contribution in [3.63, 3.8) is 0 Å². The smallest absolute Gasteiger partial charge is 0.139 e. The van der Waals surface area contributed by atoms with Gasteiger partial charge in [-0.05, 0) is 28.1 Å². The largest absolute Gasteiger partial charge is 0.487 e. The molecule has 0 radical (unpaired) electrons. The number of pyridine rings is 2. The van der Waals surface area contributed by atoms with Gasteiger partial charge in [0.2, 0.25) is 0 Å². The zero-order chi connectivity index (χ0) is 11.4. The van der Waals surface area contributed by atoms with Crippen molar-refractivity contribution in [1.29, 1.82) is 0 Å². The third-order valence-corrected chi connectivity index (χ3v) is 2.53. The summed E-state index contributed by atoms with van der Waals surface area (Å²) in [5.41, 5.74) is 0.962. The molecule has 5 heteroatoms. The second-order valence-corrected chi connectivity index (χ2v) is 4.42. The molecule has 0 atom stereocenters. The molecule has 82 valence electrons. The molecule has 16 heavy (non-hydrogen) atoms. The summed E-state index contributed by atoms with van der Waals surface area (Å²) in [6, 6.07) is 5.47. The topological polar surface area (TPSA) is 35.0 Å². The Kier molecular flexibility index (Phi) is 3.74. The van der Waals surface area contributed by atoms with E-state index in [2.05, 4.69) is 25.9 Å². The highest BCUT2D eigenvalue weighted by Crippen LogP contribution is 2.17. The van der Waals surface area contributed by atoms with Crippen LogP contribution in [0.15, 0.2) is 41.3 Å². The van der Waals surface area contributed by atoms with E-state index in [-0.39, 0.29) is 0 Å². The summed E-state index contributed by atoms with van der Waals surface area (Å²) in [5.74, 6) is 0.712. The van der Waals surface area contributed by atoms with E-state index in [0.717, 1.165) is 10.0 Å². The maximum absolute atomic E-state index is 5.68. The average molecular weight is 300 g/mol. The molecule has 0 bridgehead atoms. The summed E-state index contributed by atoms with van der Waals surface area (Å²) >= 11 is 9.01. The fourth-order valence-corrected chi connectivity index (χ4v) is 1.59. The standard InChI is InChI=1S/C11H8BrClN2O/c12-9-3-10(6-14-5-9)16-7-8-1-2-11(13)15-4-8/h1-6H,7H2. The summed E-state index contributed by atoms with van der Waals surface area (Å²) in [6.45, 7) is 0.447. The summed E-state index contributed by atoms with van der Waals surface area (Å²) in [4.78, 5) is 7.97. The van der Waals surface area contributed by atoms with Crippen LogP contribution in [0.1, 0.15) is 5.56 Å². The Hall–Kier alpha value is -1.13. The molecule has 2 rings (SSSR count). The molecule has 0 aliphatic heterocycles. The third kappa shape index (κ3) is 3.18. The third-order valence-electron chi connectivity index (χ3n) is 1.87. The first kappa shape index (κ1) is 11.4. The van der Waals surface area contributed by atoms with Gasteiger partial charge in [-0.2, -0.15) is 0 Å². The molecule has 0 saturated carbocycles. The van der Waals surface area contributed by atoms with Gasteiger partial charge < -0.3 is 4.74 Å². The van der Waals surface area contributed by atoms with Crippen LogP contribution >= 0.6 is 27.5 Å². The van der Waals surface area contributed by atoms with Crippen LogP contribution in [0.3, 0.4) is 0 Å². The highest BCUT2D eigenvalue weighted by atomic mass is 79.9. The highest BCUT2D eigenvalue weighted by molar-refractivity contribution is 9.10. The second kappa shape index (κ2) is 5.27. The van der Waals surface area contributed by atoms with Crippen LogP contribution in [0.5, 0.6) is 5.75 Å². The van der Waals surface area contributed by atoms with Crippen LogP contribution in [0, 0.1) is 0 Å². The zero-order valence-corrected chi connectivity index (χ0v) is 10.6. The molecule has 0 aliphatic carbocycles. The van der Waals surface area contributed by atoms with Gasteiger partial charge in [0.1, 0.15) is 17.5 Å². The number of aromatic nitrogens is 2. The lowest BCUT2D eigenvalue weighted by atomic mass is 10.3. The zero-order valence-electron chi connectivity index (χ0n) is 8.23. The minimum atomic E-state index is 0.447. The molecule has 2 aromatic heterocycles. The van der Waals surface area contributed by atoms with Crippen LogP contribution in [-0.2, 0) is 6.61 Å². The molecule has 0 unspecified atom stereocenters. The van der Waals surface area contributed by atoms with Gasteiger partial charge in [0.05, 0.1) is 6.20 Å². The Balaban J connectivity index is 1.99. The Bertz CT molecular complexity index is 476. The lowest BCUT2D eigenvalue weighted by Gasteiger charge is -2.05. The fraction of sp³-hybridized carbons (Fsp3) is 0.0909. The average Bonchev–Trinajstić information content (AvgIpc) is 2.28. The summed E-state index contributed by atoms with van der Waals surface area (Å²) in [6.07, 6.45) is 5.05. The molecular formula is C11H8BrClN2O. The maximum atomic E-state index is 5.68. The molecule has 2 aromatic rings. The van der Waals surface area contributed by atoms with Gasteiger partial charge in [-0.3, -0.25) is 4.98 Å². The van der Waals surface area contributed by atoms with E-state index in [1.54, 1.807) is 24.7 Å². The van der Waals surface area contributed by atoms with Gasteiger partial charge in [0, 0.05) is 22.4 Å². The van der Waals surface area contributed by atoms with Gasteiger partial charge >= 0.3 is 0 Å². The van der Waals surface area contributed by atoms with Crippen molar-refractivity contribution in [3.8, 4) is 5.75 Å². The summed E-state index contributed by atoms with van der Waals surface area (Å²) in [7, 11) is 0. The van der Waals surface area contributed by atoms with Crippen molar-refractivity contribution < 1.29 is 4.74 Å². The first-order chi connectivity index (χ1) is 7.74. The molecule has 0 N–H and O–H groups in total. The first-order valence-electron chi connectivity index (χ1n) is 4.58. The van der Waals surface area contributed by atoms with Crippen LogP contribution in [0.2, 0.25) is 5.15 Å². The molecule has 0 spiro atoms. The molecule has 0 amide bonds. The second-order valence-electron chi connectivity index (χ2n) is 3.12. The van der Waals surface area contributed by atoms with Crippen molar-refractivity contribution >= 4 is 27.5 Å². The van der Waals surface area contributed by atoms with Crippen molar-refractivity contribution in [3.05, 3.63) is 52.0 Å². The lowest BCUT2D eigenvalue weighted by Crippen LogP contribution is -1.96. The number of hydrogen-bond donors (Lipinski definition) is 0. The predicted octanol–water partition coefficient (Wildman–Crippen LogP) is 3.47. The van der Waals surface area contributed by atoms with E-state index >= 15 is 0 Å². The minimum absolute atomic E-state index is 0.447. The molecule has 2 heterocycles. The maximum Gasteiger partial charge on any atom is 0.139 e. The van der Waals surface area contributed by atoms with E-state index in [4.69, 9.17) is 16.3 Å². The molecular weight excluding hydrogens is 291 g/mol. The minimum Gasteiger partial charge on any atom is -0.487 e. The van der Waals surface area contributed by atoms with Crippen LogP contribution in [0.4, 0.5) is 0 Å². The highest BCUT2D eigenvalue weighted by Gasteiger charge is 1.98. The van der Waals surface area contributed by atoms with Crippen LogP contribution in [-0.4, -0.2) is 9.97 Å². The SMILES string of the molecule is Clc1ccc(COc2cncc(Br)c2)cn1. The Morgan fingerprint density at radius 2 is 2.12 bits per heavy atom. The number of ether oxygens (including phenoxy) is 1. The van der Waals surface area contributed by atoms with Gasteiger partial charge in [-0.25, -0.2) is 4.98 Å². The Morgan fingerprint density at radius 1 is 1.25 bits per heavy atom. The number of halogens is 2. The monoisotopic (exact) mass is 298 g/mol. The number of hydrogen-bond acceptors (Lipinski definition) is 3. The molecule has 0 saturated heterocycles. The Morgan fingerprint density at radius 3 is 2.81 bits per heavy atom. The van der Waals surface area contributed by atoms with E-state index in [1.165, 1.54) is 0 Å². The van der Waals surface area contributed by atoms with Crippen molar-refractivity contribution in [2.45, 2.75) is 6.61 Å². The van der Waals surface area contributed by atoms with E-state index in [0.29, 0.717) is 17.5 Å².